The summed E-state index contributed by atoms with van der Waals surface area (Å²) in [7, 11) is 4.00. The van der Waals surface area contributed by atoms with Crippen molar-refractivity contribution in [2.24, 2.45) is 0 Å². The molecule has 2 N–H and O–H groups in total. The van der Waals surface area contributed by atoms with E-state index in [4.69, 9.17) is 10.5 Å². The van der Waals surface area contributed by atoms with Crippen molar-refractivity contribution >= 4 is 28.6 Å². The van der Waals surface area contributed by atoms with E-state index in [1.165, 1.54) is 11.3 Å². The number of amides is 1. The van der Waals surface area contributed by atoms with Crippen molar-refractivity contribution in [2.75, 3.05) is 37.9 Å². The van der Waals surface area contributed by atoms with Gasteiger partial charge in [0, 0.05) is 45.2 Å². The monoisotopic (exact) mass is 359 g/mol. The molecule has 5 nitrogen and oxygen atoms in total. The molecule has 0 spiro atoms. The largest absolute Gasteiger partial charge is 0.399 e. The van der Waals surface area contributed by atoms with Gasteiger partial charge in [-0.25, -0.2) is 0 Å². The molecule has 0 aliphatic carbocycles. The second-order valence-electron chi connectivity index (χ2n) is 6.58. The third-order valence-electron chi connectivity index (χ3n) is 4.41. The summed E-state index contributed by atoms with van der Waals surface area (Å²) in [5, 5.41) is 1.93. The Bertz CT molecular complexity index is 709. The molecule has 134 valence electrons. The van der Waals surface area contributed by atoms with Crippen LogP contribution in [0.15, 0.2) is 35.7 Å². The molecule has 3 rings (SSSR count). The molecular formula is C19H25N3O2S. The van der Waals surface area contributed by atoms with Crippen molar-refractivity contribution < 1.29 is 9.53 Å². The SMILES string of the molecule is CN(C)c1ccc(N)cc1CN(CC1CCCO1)C(=O)c1cccs1. The van der Waals surface area contributed by atoms with E-state index in [0.717, 1.165) is 35.6 Å². The zero-order valence-electron chi connectivity index (χ0n) is 14.8. The molecule has 2 aromatic rings. The standard InChI is InChI=1S/C19H25N3O2S/c1-21(2)17-8-7-15(20)11-14(17)12-22(13-16-5-3-9-24-16)19(23)18-6-4-10-25-18/h4,6-8,10-11,16H,3,5,9,12-13,20H2,1-2H3. The van der Waals surface area contributed by atoms with Crippen LogP contribution >= 0.6 is 11.3 Å². The molecule has 6 heteroatoms. The lowest BCUT2D eigenvalue weighted by atomic mass is 10.1. The number of nitrogens with zero attached hydrogens (tertiary/aromatic N) is 2. The summed E-state index contributed by atoms with van der Waals surface area (Å²) >= 11 is 1.47. The molecular weight excluding hydrogens is 334 g/mol. The van der Waals surface area contributed by atoms with Crippen LogP contribution in [0.25, 0.3) is 0 Å². The molecule has 1 aliphatic rings. The minimum Gasteiger partial charge on any atom is -0.399 e. The van der Waals surface area contributed by atoms with Gasteiger partial charge in [-0.1, -0.05) is 6.07 Å². The van der Waals surface area contributed by atoms with E-state index in [0.29, 0.717) is 18.8 Å². The summed E-state index contributed by atoms with van der Waals surface area (Å²) in [6.45, 7) is 1.92. The van der Waals surface area contributed by atoms with E-state index in [1.807, 2.05) is 54.7 Å². The molecule has 1 amide bonds. The first kappa shape index (κ1) is 17.8. The summed E-state index contributed by atoms with van der Waals surface area (Å²) in [5.41, 5.74) is 8.83. The number of hydrogen-bond acceptors (Lipinski definition) is 5. The van der Waals surface area contributed by atoms with Crippen LogP contribution in [0.3, 0.4) is 0 Å². The van der Waals surface area contributed by atoms with E-state index < -0.39 is 0 Å². The van der Waals surface area contributed by atoms with Gasteiger partial charge in [-0.2, -0.15) is 0 Å². The van der Waals surface area contributed by atoms with Gasteiger partial charge in [-0.3, -0.25) is 4.79 Å². The van der Waals surface area contributed by atoms with Crippen LogP contribution in [0.1, 0.15) is 28.1 Å². The van der Waals surface area contributed by atoms with Gasteiger partial charge < -0.3 is 20.3 Å². The summed E-state index contributed by atoms with van der Waals surface area (Å²) < 4.78 is 5.76. The minimum absolute atomic E-state index is 0.0534. The van der Waals surface area contributed by atoms with E-state index in [-0.39, 0.29) is 12.0 Å². The highest BCUT2D eigenvalue weighted by Crippen LogP contribution is 2.25. The third kappa shape index (κ3) is 4.32. The number of anilines is 2. The van der Waals surface area contributed by atoms with Gasteiger partial charge in [0.1, 0.15) is 0 Å². The lowest BCUT2D eigenvalue weighted by Gasteiger charge is -2.27. The fraction of sp³-hybridized carbons (Fsp3) is 0.421. The van der Waals surface area contributed by atoms with Crippen LogP contribution in [-0.4, -0.2) is 44.2 Å². The highest BCUT2D eigenvalue weighted by Gasteiger charge is 2.25. The van der Waals surface area contributed by atoms with Crippen molar-refractivity contribution in [3.63, 3.8) is 0 Å². The predicted octanol–water partition coefficient (Wildman–Crippen LogP) is 3.22. The van der Waals surface area contributed by atoms with Gasteiger partial charge >= 0.3 is 0 Å². The van der Waals surface area contributed by atoms with Crippen molar-refractivity contribution in [2.45, 2.75) is 25.5 Å². The van der Waals surface area contributed by atoms with Crippen LogP contribution in [-0.2, 0) is 11.3 Å². The molecule has 1 atom stereocenters. The summed E-state index contributed by atoms with van der Waals surface area (Å²) in [6, 6.07) is 9.64. The Balaban J connectivity index is 1.86. The quantitative estimate of drug-likeness (QED) is 0.805. The molecule has 1 fully saturated rings. The van der Waals surface area contributed by atoms with Crippen molar-refractivity contribution in [3.8, 4) is 0 Å². The Labute approximate surface area is 153 Å². The molecule has 1 aliphatic heterocycles. The zero-order valence-corrected chi connectivity index (χ0v) is 15.6. The molecule has 0 saturated carbocycles. The van der Waals surface area contributed by atoms with Gasteiger partial charge in [-0.15, -0.1) is 11.3 Å². The molecule has 1 unspecified atom stereocenters. The van der Waals surface area contributed by atoms with E-state index in [1.54, 1.807) is 0 Å². The first-order chi connectivity index (χ1) is 12.0. The predicted molar refractivity (Wildman–Crippen MR) is 103 cm³/mol. The van der Waals surface area contributed by atoms with E-state index in [9.17, 15) is 4.79 Å². The molecule has 1 aromatic carbocycles. The van der Waals surface area contributed by atoms with Crippen LogP contribution in [0, 0.1) is 0 Å². The molecule has 1 saturated heterocycles. The van der Waals surface area contributed by atoms with Crippen molar-refractivity contribution in [1.82, 2.24) is 4.90 Å². The molecule has 25 heavy (non-hydrogen) atoms. The number of carbonyl (C=O) groups is 1. The fourth-order valence-electron chi connectivity index (χ4n) is 3.18. The maximum Gasteiger partial charge on any atom is 0.264 e. The molecule has 0 bridgehead atoms. The van der Waals surface area contributed by atoms with Gasteiger partial charge in [0.15, 0.2) is 0 Å². The smallest absolute Gasteiger partial charge is 0.264 e. The first-order valence-electron chi connectivity index (χ1n) is 8.54. The third-order valence-corrected chi connectivity index (χ3v) is 5.27. The number of benzene rings is 1. The highest BCUT2D eigenvalue weighted by molar-refractivity contribution is 7.12. The van der Waals surface area contributed by atoms with Crippen LogP contribution in [0.2, 0.25) is 0 Å². The van der Waals surface area contributed by atoms with E-state index >= 15 is 0 Å². The summed E-state index contributed by atoms with van der Waals surface area (Å²) in [6.07, 6.45) is 2.19. The number of carbonyl (C=O) groups excluding carboxylic acids is 1. The van der Waals surface area contributed by atoms with E-state index in [2.05, 4.69) is 4.90 Å². The molecule has 1 aromatic heterocycles. The van der Waals surface area contributed by atoms with Crippen LogP contribution < -0.4 is 10.6 Å². The van der Waals surface area contributed by atoms with Gasteiger partial charge in [-0.05, 0) is 48.1 Å². The Morgan fingerprint density at radius 1 is 1.36 bits per heavy atom. The molecule has 2 heterocycles. The number of nitrogens with two attached hydrogens (primary N) is 1. The Morgan fingerprint density at radius 2 is 2.20 bits per heavy atom. The van der Waals surface area contributed by atoms with Crippen LogP contribution in [0.4, 0.5) is 11.4 Å². The van der Waals surface area contributed by atoms with Gasteiger partial charge in [0.25, 0.3) is 5.91 Å². The second-order valence-corrected chi connectivity index (χ2v) is 7.53. The Morgan fingerprint density at radius 3 is 2.84 bits per heavy atom. The minimum atomic E-state index is 0.0534. The fourth-order valence-corrected chi connectivity index (χ4v) is 3.87. The first-order valence-corrected chi connectivity index (χ1v) is 9.42. The lowest BCUT2D eigenvalue weighted by Crippen LogP contribution is -2.37. The maximum atomic E-state index is 13.0. The van der Waals surface area contributed by atoms with Crippen LogP contribution in [0.5, 0.6) is 0 Å². The Kier molecular flexibility index (Phi) is 5.60. The van der Waals surface area contributed by atoms with Gasteiger partial charge in [0.05, 0.1) is 11.0 Å². The van der Waals surface area contributed by atoms with Crippen molar-refractivity contribution in [1.29, 1.82) is 0 Å². The number of thiophene rings is 1. The number of nitrogen functional groups attached to an aromatic ring is 1. The number of rotatable bonds is 6. The zero-order chi connectivity index (χ0) is 17.8. The average Bonchev–Trinajstić information content (AvgIpc) is 3.27. The highest BCUT2D eigenvalue weighted by atomic mass is 32.1. The maximum absolute atomic E-state index is 13.0. The second kappa shape index (κ2) is 7.89. The topological polar surface area (TPSA) is 58.8 Å². The number of hydrogen-bond donors (Lipinski definition) is 1. The summed E-state index contributed by atoms with van der Waals surface area (Å²) in [4.78, 5) is 17.7. The average molecular weight is 359 g/mol. The lowest BCUT2D eigenvalue weighted by molar-refractivity contribution is 0.0511. The number of ether oxygens (including phenoxy) is 1. The normalized spacial score (nSPS) is 16.8. The Hall–Kier alpha value is -2.05. The molecule has 0 radical (unpaired) electrons. The van der Waals surface area contributed by atoms with Crippen molar-refractivity contribution in [3.05, 3.63) is 46.2 Å². The van der Waals surface area contributed by atoms with Gasteiger partial charge in [0.2, 0.25) is 0 Å². The summed E-state index contributed by atoms with van der Waals surface area (Å²) in [5.74, 6) is 0.0534.